The van der Waals surface area contributed by atoms with Crippen molar-refractivity contribution in [1.29, 1.82) is 0 Å². The monoisotopic (exact) mass is 365 g/mol. The quantitative estimate of drug-likeness (QED) is 0.530. The van der Waals surface area contributed by atoms with Crippen LogP contribution in [0.5, 0.6) is 0 Å². The third-order valence-corrected chi connectivity index (χ3v) is 6.56. The molecule has 5 nitrogen and oxygen atoms in total. The van der Waals surface area contributed by atoms with Crippen LogP contribution < -0.4 is 5.32 Å². The predicted molar refractivity (Wildman–Crippen MR) is 113 cm³/mol. The Bertz CT molecular complexity index is 413. The van der Waals surface area contributed by atoms with E-state index >= 15 is 0 Å². The second kappa shape index (κ2) is 11.1. The van der Waals surface area contributed by atoms with Crippen LogP contribution in [0, 0.1) is 11.8 Å². The minimum Gasteiger partial charge on any atom is -0.357 e. The number of hydrogen-bond donors (Lipinski definition) is 1. The first-order valence-corrected chi connectivity index (χ1v) is 11.1. The van der Waals surface area contributed by atoms with Crippen LogP contribution >= 0.6 is 0 Å². The van der Waals surface area contributed by atoms with E-state index in [0.29, 0.717) is 6.04 Å². The van der Waals surface area contributed by atoms with E-state index in [-0.39, 0.29) is 0 Å². The van der Waals surface area contributed by atoms with Gasteiger partial charge in [0.15, 0.2) is 5.96 Å². The van der Waals surface area contributed by atoms with Crippen molar-refractivity contribution in [3.8, 4) is 0 Å². The molecule has 0 aromatic carbocycles. The van der Waals surface area contributed by atoms with Crippen LogP contribution in [-0.4, -0.2) is 85.6 Å². The molecule has 0 bridgehead atoms. The lowest BCUT2D eigenvalue weighted by Crippen LogP contribution is -2.50. The molecule has 0 spiro atoms. The number of nitrogens with one attached hydrogen (secondary N) is 1. The van der Waals surface area contributed by atoms with Crippen LogP contribution in [0.4, 0.5) is 0 Å². The van der Waals surface area contributed by atoms with Gasteiger partial charge in [0.05, 0.1) is 6.54 Å². The molecule has 2 aliphatic rings. The predicted octanol–water partition coefficient (Wildman–Crippen LogP) is 2.74. The number of likely N-dealkylation sites (N-methyl/N-ethyl adjacent to an activating group) is 1. The molecule has 0 aromatic heterocycles. The van der Waals surface area contributed by atoms with Crippen molar-refractivity contribution in [3.05, 3.63) is 0 Å². The molecule has 2 aliphatic heterocycles. The van der Waals surface area contributed by atoms with E-state index in [1.165, 1.54) is 58.5 Å². The van der Waals surface area contributed by atoms with E-state index in [9.17, 15) is 0 Å². The van der Waals surface area contributed by atoms with Gasteiger partial charge in [-0.1, -0.05) is 33.6 Å². The van der Waals surface area contributed by atoms with Crippen LogP contribution in [0.3, 0.4) is 0 Å². The second-order valence-corrected chi connectivity index (χ2v) is 8.09. The van der Waals surface area contributed by atoms with Crippen molar-refractivity contribution in [1.82, 2.24) is 20.0 Å². The highest BCUT2D eigenvalue weighted by atomic mass is 15.3. The number of aliphatic imine (C=N–C) groups is 1. The first-order chi connectivity index (χ1) is 12.6. The maximum absolute atomic E-state index is 5.03. The van der Waals surface area contributed by atoms with E-state index in [1.54, 1.807) is 0 Å². The summed E-state index contributed by atoms with van der Waals surface area (Å²) in [5.74, 6) is 2.85. The second-order valence-electron chi connectivity index (χ2n) is 8.09. The van der Waals surface area contributed by atoms with Gasteiger partial charge in [-0.15, -0.1) is 0 Å². The Kier molecular flexibility index (Phi) is 9.20. The zero-order chi connectivity index (χ0) is 18.9. The molecule has 2 unspecified atom stereocenters. The summed E-state index contributed by atoms with van der Waals surface area (Å²) in [5.41, 5.74) is 0. The van der Waals surface area contributed by atoms with Crippen molar-refractivity contribution < 1.29 is 0 Å². The van der Waals surface area contributed by atoms with E-state index in [1.807, 2.05) is 0 Å². The highest BCUT2D eigenvalue weighted by Gasteiger charge is 2.29. The summed E-state index contributed by atoms with van der Waals surface area (Å²) < 4.78 is 0. The maximum atomic E-state index is 5.03. The largest absolute Gasteiger partial charge is 0.357 e. The molecule has 0 amide bonds. The number of guanidine groups is 1. The zero-order valence-electron chi connectivity index (χ0n) is 18.0. The van der Waals surface area contributed by atoms with Crippen molar-refractivity contribution >= 4 is 5.96 Å². The molecule has 0 aromatic rings. The fourth-order valence-corrected chi connectivity index (χ4v) is 4.60. The topological polar surface area (TPSA) is 34.1 Å². The molecular formula is C21H43N5. The molecule has 26 heavy (non-hydrogen) atoms. The van der Waals surface area contributed by atoms with E-state index in [2.05, 4.69) is 54.6 Å². The standard InChI is InChI=1S/C21H43N5/c1-6-19(7-2)20-10-11-26(17-20)21(22-8-3)23-16-18(5)25-14-12-24(9-4)13-15-25/h18-20H,6-17H2,1-5H3,(H,22,23). The zero-order valence-corrected chi connectivity index (χ0v) is 18.0. The molecule has 2 saturated heterocycles. The summed E-state index contributed by atoms with van der Waals surface area (Å²) in [5, 5.41) is 3.54. The van der Waals surface area contributed by atoms with Crippen molar-refractivity contribution in [3.63, 3.8) is 0 Å². The van der Waals surface area contributed by atoms with E-state index in [0.717, 1.165) is 37.4 Å². The fourth-order valence-electron chi connectivity index (χ4n) is 4.60. The lowest BCUT2D eigenvalue weighted by molar-refractivity contribution is 0.109. The van der Waals surface area contributed by atoms with Gasteiger partial charge in [0.25, 0.3) is 0 Å². The van der Waals surface area contributed by atoms with Gasteiger partial charge in [0, 0.05) is 51.9 Å². The van der Waals surface area contributed by atoms with Gasteiger partial charge in [-0.2, -0.15) is 0 Å². The Morgan fingerprint density at radius 2 is 1.73 bits per heavy atom. The van der Waals surface area contributed by atoms with Crippen LogP contribution in [-0.2, 0) is 0 Å². The molecule has 2 fully saturated rings. The Balaban J connectivity index is 1.88. The number of hydrogen-bond acceptors (Lipinski definition) is 3. The van der Waals surface area contributed by atoms with Crippen LogP contribution in [0.1, 0.15) is 53.9 Å². The maximum Gasteiger partial charge on any atom is 0.193 e. The minimum absolute atomic E-state index is 0.528. The molecule has 5 heteroatoms. The minimum atomic E-state index is 0.528. The summed E-state index contributed by atoms with van der Waals surface area (Å²) in [7, 11) is 0. The summed E-state index contributed by atoms with van der Waals surface area (Å²) in [6.45, 7) is 21.6. The molecule has 2 heterocycles. The molecule has 1 N–H and O–H groups in total. The number of likely N-dealkylation sites (tertiary alicyclic amines) is 1. The molecule has 152 valence electrons. The summed E-state index contributed by atoms with van der Waals surface area (Å²) >= 11 is 0. The van der Waals surface area contributed by atoms with Gasteiger partial charge >= 0.3 is 0 Å². The van der Waals surface area contributed by atoms with Gasteiger partial charge in [-0.3, -0.25) is 9.89 Å². The van der Waals surface area contributed by atoms with Gasteiger partial charge < -0.3 is 15.1 Å². The Morgan fingerprint density at radius 1 is 1.04 bits per heavy atom. The first kappa shape index (κ1) is 21.5. The first-order valence-electron chi connectivity index (χ1n) is 11.1. The number of piperazine rings is 1. The van der Waals surface area contributed by atoms with Gasteiger partial charge in [-0.25, -0.2) is 0 Å². The highest BCUT2D eigenvalue weighted by Crippen LogP contribution is 2.28. The van der Waals surface area contributed by atoms with Gasteiger partial charge in [0.2, 0.25) is 0 Å². The summed E-state index contributed by atoms with van der Waals surface area (Å²) in [6.07, 6.45) is 3.94. The molecule has 0 radical (unpaired) electrons. The van der Waals surface area contributed by atoms with Crippen molar-refractivity contribution in [2.75, 3.05) is 58.9 Å². The van der Waals surface area contributed by atoms with Gasteiger partial charge in [-0.05, 0) is 38.6 Å². The third kappa shape index (κ3) is 5.85. The number of nitrogens with zero attached hydrogens (tertiary/aromatic N) is 4. The Hall–Kier alpha value is -0.810. The number of rotatable bonds is 8. The highest BCUT2D eigenvalue weighted by molar-refractivity contribution is 5.80. The normalized spacial score (nSPS) is 24.5. The summed E-state index contributed by atoms with van der Waals surface area (Å²) in [4.78, 5) is 12.7. The van der Waals surface area contributed by atoms with Crippen molar-refractivity contribution in [2.24, 2.45) is 16.8 Å². The Labute approximate surface area is 162 Å². The fraction of sp³-hybridized carbons (Fsp3) is 0.952. The Morgan fingerprint density at radius 3 is 2.31 bits per heavy atom. The summed E-state index contributed by atoms with van der Waals surface area (Å²) in [6, 6.07) is 0.528. The SMILES string of the molecule is CCNC(=NCC(C)N1CCN(CC)CC1)N1CCC(C(CC)CC)C1. The van der Waals surface area contributed by atoms with Crippen LogP contribution in [0.25, 0.3) is 0 Å². The van der Waals surface area contributed by atoms with Crippen molar-refractivity contribution in [2.45, 2.75) is 59.9 Å². The van der Waals surface area contributed by atoms with Crippen LogP contribution in [0.15, 0.2) is 4.99 Å². The van der Waals surface area contributed by atoms with E-state index in [4.69, 9.17) is 4.99 Å². The van der Waals surface area contributed by atoms with Gasteiger partial charge in [0.1, 0.15) is 0 Å². The lowest BCUT2D eigenvalue weighted by atomic mass is 9.87. The molecule has 0 aliphatic carbocycles. The molecule has 2 atom stereocenters. The van der Waals surface area contributed by atoms with Crippen LogP contribution in [0.2, 0.25) is 0 Å². The smallest absolute Gasteiger partial charge is 0.193 e. The molecule has 0 saturated carbocycles. The third-order valence-electron chi connectivity index (χ3n) is 6.56. The molecular weight excluding hydrogens is 322 g/mol. The molecule has 2 rings (SSSR count). The average Bonchev–Trinajstić information content (AvgIpc) is 3.15. The average molecular weight is 366 g/mol. The van der Waals surface area contributed by atoms with E-state index < -0.39 is 0 Å². The lowest BCUT2D eigenvalue weighted by Gasteiger charge is -2.37.